The van der Waals surface area contributed by atoms with E-state index >= 15 is 0 Å². The van der Waals surface area contributed by atoms with Crippen molar-refractivity contribution in [3.8, 4) is 11.5 Å². The molecule has 1 unspecified atom stereocenters. The Bertz CT molecular complexity index is 1500. The van der Waals surface area contributed by atoms with E-state index in [-0.39, 0.29) is 11.3 Å². The van der Waals surface area contributed by atoms with Gasteiger partial charge in [0.2, 0.25) is 5.78 Å². The molecule has 8 heteroatoms. The van der Waals surface area contributed by atoms with Gasteiger partial charge in [-0.3, -0.25) is 14.5 Å². The molecule has 2 heterocycles. The number of benzene rings is 3. The standard InChI is InChI=1S/C29H24ClNO6/c1-3-14-36-22-9-4-17(5-10-22)26-25(27(32)24-16-18-15-19(30)6-13-23(18)37-24)28(33)29(34)31(26)20-7-11-21(35-2)12-8-20/h4-13,15-16,26,33H,3,14H2,1-2H3. The van der Waals surface area contributed by atoms with Gasteiger partial charge in [-0.15, -0.1) is 0 Å². The quantitative estimate of drug-likeness (QED) is 0.263. The molecule has 5 rings (SSSR count). The summed E-state index contributed by atoms with van der Waals surface area (Å²) in [5, 5.41) is 12.1. The van der Waals surface area contributed by atoms with Crippen molar-refractivity contribution < 1.29 is 28.6 Å². The number of nitrogens with zero attached hydrogens (tertiary/aromatic N) is 1. The molecule has 1 aromatic heterocycles. The van der Waals surface area contributed by atoms with E-state index in [0.717, 1.165) is 6.42 Å². The first-order valence-electron chi connectivity index (χ1n) is 11.8. The van der Waals surface area contributed by atoms with Crippen LogP contribution in [0.15, 0.2) is 88.5 Å². The number of hydrogen-bond donors (Lipinski definition) is 1. The fourth-order valence-electron chi connectivity index (χ4n) is 4.39. The zero-order chi connectivity index (χ0) is 26.1. The van der Waals surface area contributed by atoms with Gasteiger partial charge in [-0.25, -0.2) is 0 Å². The maximum atomic E-state index is 13.8. The number of carbonyl (C=O) groups is 2. The first-order valence-corrected chi connectivity index (χ1v) is 12.2. The van der Waals surface area contributed by atoms with Gasteiger partial charge >= 0.3 is 0 Å². The molecule has 0 saturated heterocycles. The highest BCUT2D eigenvalue weighted by Gasteiger charge is 2.45. The Hall–Kier alpha value is -4.23. The second-order valence-corrected chi connectivity index (χ2v) is 9.01. The third-order valence-corrected chi connectivity index (χ3v) is 6.41. The minimum Gasteiger partial charge on any atom is -0.503 e. The Kier molecular flexibility index (Phi) is 6.63. The monoisotopic (exact) mass is 517 g/mol. The Balaban J connectivity index is 1.60. The molecule has 188 valence electrons. The average molecular weight is 518 g/mol. The molecule has 0 spiro atoms. The molecule has 0 fully saturated rings. The van der Waals surface area contributed by atoms with Crippen LogP contribution in [0.25, 0.3) is 11.0 Å². The van der Waals surface area contributed by atoms with Gasteiger partial charge < -0.3 is 19.0 Å². The van der Waals surface area contributed by atoms with Gasteiger partial charge in [0, 0.05) is 16.1 Å². The predicted octanol–water partition coefficient (Wildman–Crippen LogP) is 6.67. The van der Waals surface area contributed by atoms with Crippen molar-refractivity contribution in [1.82, 2.24) is 0 Å². The zero-order valence-electron chi connectivity index (χ0n) is 20.2. The molecule has 1 aliphatic rings. The minimum absolute atomic E-state index is 0.00361. The van der Waals surface area contributed by atoms with Crippen LogP contribution in [-0.2, 0) is 4.79 Å². The summed E-state index contributed by atoms with van der Waals surface area (Å²) in [5.74, 6) is -0.638. The van der Waals surface area contributed by atoms with Gasteiger partial charge in [0.25, 0.3) is 5.91 Å². The Labute approximate surface area is 218 Å². The van der Waals surface area contributed by atoms with Gasteiger partial charge in [-0.1, -0.05) is 30.7 Å². The topological polar surface area (TPSA) is 89.2 Å². The molecule has 0 bridgehead atoms. The van der Waals surface area contributed by atoms with E-state index in [1.165, 1.54) is 4.90 Å². The number of ketones is 1. The number of aliphatic hydroxyl groups excluding tert-OH is 1. The van der Waals surface area contributed by atoms with Crippen molar-refractivity contribution in [2.75, 3.05) is 18.6 Å². The second kappa shape index (κ2) is 10.0. The number of aliphatic hydroxyl groups is 1. The Morgan fingerprint density at radius 3 is 2.41 bits per heavy atom. The molecular formula is C29H24ClNO6. The van der Waals surface area contributed by atoms with E-state index < -0.39 is 23.5 Å². The van der Waals surface area contributed by atoms with Crippen molar-refractivity contribution in [2.45, 2.75) is 19.4 Å². The predicted molar refractivity (Wildman–Crippen MR) is 141 cm³/mol. The molecule has 1 amide bonds. The molecule has 3 aromatic carbocycles. The molecule has 1 N–H and O–H groups in total. The molecule has 0 saturated carbocycles. The molecule has 0 aliphatic carbocycles. The highest BCUT2D eigenvalue weighted by atomic mass is 35.5. The van der Waals surface area contributed by atoms with Crippen LogP contribution in [0.1, 0.15) is 35.5 Å². The number of carbonyl (C=O) groups excluding carboxylic acids is 2. The van der Waals surface area contributed by atoms with E-state index in [1.54, 1.807) is 79.9 Å². The molecule has 1 atom stereocenters. The normalized spacial score (nSPS) is 15.5. The summed E-state index contributed by atoms with van der Waals surface area (Å²) in [5.41, 5.74) is 1.51. The summed E-state index contributed by atoms with van der Waals surface area (Å²) in [6, 6.07) is 19.6. The van der Waals surface area contributed by atoms with Crippen LogP contribution in [0.2, 0.25) is 5.02 Å². The summed E-state index contributed by atoms with van der Waals surface area (Å²) < 4.78 is 16.7. The van der Waals surface area contributed by atoms with E-state index in [2.05, 4.69) is 0 Å². The zero-order valence-corrected chi connectivity index (χ0v) is 21.0. The lowest BCUT2D eigenvalue weighted by Gasteiger charge is -2.27. The number of rotatable bonds is 8. The van der Waals surface area contributed by atoms with Crippen molar-refractivity contribution in [3.05, 3.63) is 100 Å². The van der Waals surface area contributed by atoms with E-state index in [1.807, 2.05) is 6.92 Å². The van der Waals surface area contributed by atoms with Crippen LogP contribution >= 0.6 is 11.6 Å². The van der Waals surface area contributed by atoms with Crippen molar-refractivity contribution >= 4 is 39.9 Å². The number of Topliss-reactive ketones (excluding diaryl/α,β-unsaturated/α-hetero) is 1. The van der Waals surface area contributed by atoms with Crippen LogP contribution in [0.5, 0.6) is 11.5 Å². The van der Waals surface area contributed by atoms with Crippen LogP contribution in [0, 0.1) is 0 Å². The summed E-state index contributed by atoms with van der Waals surface area (Å²) in [7, 11) is 1.55. The van der Waals surface area contributed by atoms with Gasteiger partial charge in [-0.2, -0.15) is 0 Å². The van der Waals surface area contributed by atoms with Crippen molar-refractivity contribution in [2.24, 2.45) is 0 Å². The summed E-state index contributed by atoms with van der Waals surface area (Å²) in [4.78, 5) is 28.5. The number of furan rings is 1. The Morgan fingerprint density at radius 2 is 1.73 bits per heavy atom. The first-order chi connectivity index (χ1) is 17.9. The van der Waals surface area contributed by atoms with Crippen LogP contribution in [0.3, 0.4) is 0 Å². The summed E-state index contributed by atoms with van der Waals surface area (Å²) in [6.07, 6.45) is 0.863. The highest BCUT2D eigenvalue weighted by Crippen LogP contribution is 2.43. The van der Waals surface area contributed by atoms with E-state index in [4.69, 9.17) is 25.5 Å². The number of methoxy groups -OCH3 is 1. The number of amides is 1. The Morgan fingerprint density at radius 1 is 1.03 bits per heavy atom. The average Bonchev–Trinajstić information content (AvgIpc) is 3.45. The molecule has 37 heavy (non-hydrogen) atoms. The van der Waals surface area contributed by atoms with Gasteiger partial charge in [-0.05, 0) is 72.6 Å². The van der Waals surface area contributed by atoms with Crippen LogP contribution in [0.4, 0.5) is 5.69 Å². The maximum absolute atomic E-state index is 13.8. The van der Waals surface area contributed by atoms with Gasteiger partial charge in [0.05, 0.1) is 25.3 Å². The van der Waals surface area contributed by atoms with Crippen LogP contribution in [-0.4, -0.2) is 30.5 Å². The number of ether oxygens (including phenoxy) is 2. The van der Waals surface area contributed by atoms with E-state index in [9.17, 15) is 14.7 Å². The largest absolute Gasteiger partial charge is 0.503 e. The maximum Gasteiger partial charge on any atom is 0.294 e. The fraction of sp³-hybridized carbons (Fsp3) is 0.172. The molecule has 1 aliphatic heterocycles. The minimum atomic E-state index is -0.898. The van der Waals surface area contributed by atoms with Crippen molar-refractivity contribution in [1.29, 1.82) is 0 Å². The third-order valence-electron chi connectivity index (χ3n) is 6.17. The third kappa shape index (κ3) is 4.54. The number of halogens is 1. The second-order valence-electron chi connectivity index (χ2n) is 8.58. The number of anilines is 1. The summed E-state index contributed by atoms with van der Waals surface area (Å²) in [6.45, 7) is 2.59. The lowest BCUT2D eigenvalue weighted by molar-refractivity contribution is -0.117. The lowest BCUT2D eigenvalue weighted by atomic mass is 9.94. The first kappa shape index (κ1) is 24.5. The molecule has 0 radical (unpaired) electrons. The van der Waals surface area contributed by atoms with Crippen molar-refractivity contribution in [3.63, 3.8) is 0 Å². The number of fused-ring (bicyclic) bond motifs is 1. The van der Waals surface area contributed by atoms with Gasteiger partial charge in [0.1, 0.15) is 17.1 Å². The molecule has 7 nitrogen and oxygen atoms in total. The fourth-order valence-corrected chi connectivity index (χ4v) is 4.57. The summed E-state index contributed by atoms with van der Waals surface area (Å²) >= 11 is 6.09. The van der Waals surface area contributed by atoms with E-state index in [0.29, 0.717) is 45.3 Å². The van der Waals surface area contributed by atoms with Crippen LogP contribution < -0.4 is 14.4 Å². The number of hydrogen-bond acceptors (Lipinski definition) is 6. The molecule has 4 aromatic rings. The highest BCUT2D eigenvalue weighted by molar-refractivity contribution is 6.31. The lowest BCUT2D eigenvalue weighted by Crippen LogP contribution is -2.31. The smallest absolute Gasteiger partial charge is 0.294 e. The SMILES string of the molecule is CCCOc1ccc(C2C(C(=O)c3cc4cc(Cl)ccc4o3)=C(O)C(=O)N2c2ccc(OC)cc2)cc1. The molecular weight excluding hydrogens is 494 g/mol. The van der Waals surface area contributed by atoms with Gasteiger partial charge in [0.15, 0.2) is 11.5 Å².